The van der Waals surface area contributed by atoms with Crippen molar-refractivity contribution < 1.29 is 8.42 Å². The van der Waals surface area contributed by atoms with E-state index in [0.29, 0.717) is 5.02 Å². The molecule has 1 unspecified atom stereocenters. The number of rotatable bonds is 5. The number of hydrogen-bond donors (Lipinski definition) is 1. The molecule has 1 atom stereocenters. The average Bonchev–Trinajstić information content (AvgIpc) is 2.53. The molecule has 0 amide bonds. The Kier molecular flexibility index (Phi) is 5.63. The van der Waals surface area contributed by atoms with E-state index in [-0.39, 0.29) is 4.90 Å². The third kappa shape index (κ3) is 4.22. The minimum atomic E-state index is -3.65. The first-order chi connectivity index (χ1) is 10.8. The van der Waals surface area contributed by atoms with E-state index in [0.717, 1.165) is 16.7 Å². The fourth-order valence-corrected chi connectivity index (χ4v) is 3.72. The number of hydrogen-bond acceptors (Lipinski definition) is 2. The highest BCUT2D eigenvalue weighted by Gasteiger charge is 2.23. The van der Waals surface area contributed by atoms with Gasteiger partial charge in [0, 0.05) is 5.02 Å². The predicted octanol–water partition coefficient (Wildman–Crippen LogP) is 4.63. The van der Waals surface area contributed by atoms with Gasteiger partial charge in [0.1, 0.15) is 0 Å². The lowest BCUT2D eigenvalue weighted by Crippen LogP contribution is -2.29. The van der Waals surface area contributed by atoms with E-state index in [2.05, 4.69) is 4.72 Å². The molecule has 0 spiro atoms. The summed E-state index contributed by atoms with van der Waals surface area (Å²) in [5, 5.41) is 0.533. The highest BCUT2D eigenvalue weighted by atomic mass is 35.5. The van der Waals surface area contributed by atoms with Crippen molar-refractivity contribution in [1.82, 2.24) is 4.72 Å². The van der Waals surface area contributed by atoms with E-state index in [1.54, 1.807) is 30.3 Å². The maximum Gasteiger partial charge on any atom is 0.241 e. The van der Waals surface area contributed by atoms with E-state index >= 15 is 0 Å². The zero-order valence-electron chi connectivity index (χ0n) is 13.4. The van der Waals surface area contributed by atoms with Crippen LogP contribution in [0.1, 0.15) is 31.0 Å². The van der Waals surface area contributed by atoms with E-state index < -0.39 is 16.1 Å². The third-order valence-corrected chi connectivity index (χ3v) is 5.51. The molecule has 0 saturated heterocycles. The van der Waals surface area contributed by atoms with Gasteiger partial charge in [0.25, 0.3) is 0 Å². The molecule has 2 aromatic rings. The molecule has 0 aliphatic carbocycles. The lowest BCUT2D eigenvalue weighted by molar-refractivity contribution is 0.570. The lowest BCUT2D eigenvalue weighted by Gasteiger charge is -2.21. The highest BCUT2D eigenvalue weighted by Crippen LogP contribution is 2.29. The van der Waals surface area contributed by atoms with Gasteiger partial charge in [-0.1, -0.05) is 59.1 Å². The van der Waals surface area contributed by atoms with Crippen molar-refractivity contribution >= 4 is 21.6 Å². The van der Waals surface area contributed by atoms with Gasteiger partial charge >= 0.3 is 0 Å². The first-order valence-electron chi connectivity index (χ1n) is 7.31. The van der Waals surface area contributed by atoms with E-state index in [4.69, 9.17) is 11.6 Å². The van der Waals surface area contributed by atoms with Gasteiger partial charge in [-0.15, -0.1) is 0 Å². The van der Waals surface area contributed by atoms with Gasteiger partial charge in [0.15, 0.2) is 0 Å². The molecule has 5 heteroatoms. The Hall–Kier alpha value is -1.62. The van der Waals surface area contributed by atoms with Crippen LogP contribution in [0.5, 0.6) is 0 Å². The molecule has 0 aliphatic heterocycles. The SMILES string of the molecule is C/C=C(\C)C(NS(=O)(=O)c1ccc(C)cc1)c1ccccc1Cl. The first-order valence-corrected chi connectivity index (χ1v) is 9.17. The average molecular weight is 350 g/mol. The molecule has 0 aromatic heterocycles. The number of aryl methyl sites for hydroxylation is 1. The third-order valence-electron chi connectivity index (χ3n) is 3.73. The number of sulfonamides is 1. The van der Waals surface area contributed by atoms with Gasteiger partial charge in [-0.2, -0.15) is 4.72 Å². The van der Waals surface area contributed by atoms with Crippen LogP contribution in [0.4, 0.5) is 0 Å². The standard InChI is InChI=1S/C18H20ClNO2S/c1-4-14(3)18(16-7-5-6-8-17(16)19)20-23(21,22)15-11-9-13(2)10-12-15/h4-12,18,20H,1-3H3/b14-4+. The van der Waals surface area contributed by atoms with Crippen molar-refractivity contribution in [3.63, 3.8) is 0 Å². The summed E-state index contributed by atoms with van der Waals surface area (Å²) in [6.07, 6.45) is 1.88. The van der Waals surface area contributed by atoms with Gasteiger partial charge in [-0.05, 0) is 44.5 Å². The van der Waals surface area contributed by atoms with Gasteiger partial charge < -0.3 is 0 Å². The largest absolute Gasteiger partial charge is 0.241 e. The Labute approximate surface area is 143 Å². The van der Waals surface area contributed by atoms with Crippen molar-refractivity contribution in [2.45, 2.75) is 31.7 Å². The quantitative estimate of drug-likeness (QED) is 0.799. The van der Waals surface area contributed by atoms with Gasteiger partial charge in [-0.3, -0.25) is 0 Å². The number of nitrogens with one attached hydrogen (secondary N) is 1. The smallest absolute Gasteiger partial charge is 0.207 e. The summed E-state index contributed by atoms with van der Waals surface area (Å²) >= 11 is 6.25. The summed E-state index contributed by atoms with van der Waals surface area (Å²) in [6, 6.07) is 13.5. The zero-order chi connectivity index (χ0) is 17.0. The topological polar surface area (TPSA) is 46.2 Å². The maximum atomic E-state index is 12.7. The monoisotopic (exact) mass is 349 g/mol. The predicted molar refractivity (Wildman–Crippen MR) is 95.1 cm³/mol. The minimum Gasteiger partial charge on any atom is -0.207 e. The van der Waals surface area contributed by atoms with Crippen molar-refractivity contribution in [3.8, 4) is 0 Å². The van der Waals surface area contributed by atoms with Crippen LogP contribution in [0, 0.1) is 6.92 Å². The number of halogens is 1. The molecule has 0 heterocycles. The normalized spacial score (nSPS) is 13.8. The second kappa shape index (κ2) is 7.30. The van der Waals surface area contributed by atoms with Crippen LogP contribution in [-0.2, 0) is 10.0 Å². The van der Waals surface area contributed by atoms with Gasteiger partial charge in [-0.25, -0.2) is 8.42 Å². The summed E-state index contributed by atoms with van der Waals surface area (Å²) in [6.45, 7) is 5.67. The second-order valence-corrected chi connectivity index (χ2v) is 7.54. The van der Waals surface area contributed by atoms with Crippen LogP contribution in [0.15, 0.2) is 65.1 Å². The molecule has 0 saturated carbocycles. The summed E-state index contributed by atoms with van der Waals surface area (Å²) in [7, 11) is -3.65. The molecule has 2 aromatic carbocycles. The molecule has 122 valence electrons. The molecule has 2 rings (SSSR count). The van der Waals surface area contributed by atoms with Crippen molar-refractivity contribution in [1.29, 1.82) is 0 Å². The Balaban J connectivity index is 2.42. The van der Waals surface area contributed by atoms with Crippen LogP contribution < -0.4 is 4.72 Å². The molecule has 1 N–H and O–H groups in total. The molecule has 23 heavy (non-hydrogen) atoms. The highest BCUT2D eigenvalue weighted by molar-refractivity contribution is 7.89. The Morgan fingerprint density at radius 3 is 2.30 bits per heavy atom. The molecule has 3 nitrogen and oxygen atoms in total. The molecular weight excluding hydrogens is 330 g/mol. The molecule has 0 bridgehead atoms. The van der Waals surface area contributed by atoms with Crippen molar-refractivity contribution in [2.75, 3.05) is 0 Å². The van der Waals surface area contributed by atoms with E-state index in [1.807, 2.05) is 45.0 Å². The molecule has 0 fully saturated rings. The summed E-state index contributed by atoms with van der Waals surface area (Å²) < 4.78 is 28.1. The van der Waals surface area contributed by atoms with Gasteiger partial charge in [0.2, 0.25) is 10.0 Å². The molecular formula is C18H20ClNO2S. The van der Waals surface area contributed by atoms with E-state index in [9.17, 15) is 8.42 Å². The van der Waals surface area contributed by atoms with Crippen LogP contribution in [0.25, 0.3) is 0 Å². The van der Waals surface area contributed by atoms with Gasteiger partial charge in [0.05, 0.1) is 10.9 Å². The van der Waals surface area contributed by atoms with Crippen molar-refractivity contribution in [3.05, 3.63) is 76.3 Å². The Bertz CT molecular complexity index is 811. The summed E-state index contributed by atoms with van der Waals surface area (Å²) in [4.78, 5) is 0.240. The van der Waals surface area contributed by atoms with E-state index in [1.165, 1.54) is 0 Å². The lowest BCUT2D eigenvalue weighted by atomic mass is 10.0. The maximum absolute atomic E-state index is 12.7. The number of allylic oxidation sites excluding steroid dienone is 1. The number of benzene rings is 2. The van der Waals surface area contributed by atoms with Crippen LogP contribution >= 0.6 is 11.6 Å². The Morgan fingerprint density at radius 1 is 1.13 bits per heavy atom. The summed E-state index contributed by atoms with van der Waals surface area (Å²) in [5.74, 6) is 0. The molecule has 0 aliphatic rings. The second-order valence-electron chi connectivity index (χ2n) is 5.42. The Morgan fingerprint density at radius 2 is 1.74 bits per heavy atom. The first kappa shape index (κ1) is 17.7. The summed E-state index contributed by atoms with van der Waals surface area (Å²) in [5.41, 5.74) is 2.63. The van der Waals surface area contributed by atoms with Crippen LogP contribution in [0.3, 0.4) is 0 Å². The fourth-order valence-electron chi connectivity index (χ4n) is 2.22. The van der Waals surface area contributed by atoms with Crippen LogP contribution in [-0.4, -0.2) is 8.42 Å². The zero-order valence-corrected chi connectivity index (χ0v) is 14.9. The van der Waals surface area contributed by atoms with Crippen LogP contribution in [0.2, 0.25) is 5.02 Å². The molecule has 0 radical (unpaired) electrons. The fraction of sp³-hybridized carbons (Fsp3) is 0.222. The van der Waals surface area contributed by atoms with Crippen molar-refractivity contribution in [2.24, 2.45) is 0 Å². The minimum absolute atomic E-state index is 0.240.